The Kier molecular flexibility index (Phi) is 8.06. The van der Waals surface area contributed by atoms with E-state index in [2.05, 4.69) is 20.8 Å². The number of hydrogen-bond donors (Lipinski definition) is 1. The lowest BCUT2D eigenvalue weighted by atomic mass is 9.77. The van der Waals surface area contributed by atoms with Crippen molar-refractivity contribution in [2.45, 2.75) is 72.1 Å². The fourth-order valence-electron chi connectivity index (χ4n) is 3.70. The summed E-state index contributed by atoms with van der Waals surface area (Å²) < 4.78 is 5.16. The Balaban J connectivity index is 2.46. The molecular weight excluding hydrogens is 400 g/mol. The van der Waals surface area contributed by atoms with Crippen LogP contribution in [0, 0.1) is 0 Å². The van der Waals surface area contributed by atoms with Crippen molar-refractivity contribution in [3.8, 4) is 5.75 Å². The molecule has 4 heteroatoms. The number of benzene rings is 2. The first-order valence-electron chi connectivity index (χ1n) is 11.2. The lowest BCUT2D eigenvalue weighted by Gasteiger charge is -2.28. The fourth-order valence-corrected chi connectivity index (χ4v) is 3.70. The second-order valence-corrected chi connectivity index (χ2v) is 10.2. The number of allylic oxidation sites excluding steroid dienone is 1. The van der Waals surface area contributed by atoms with Crippen molar-refractivity contribution < 1.29 is 19.4 Å². The summed E-state index contributed by atoms with van der Waals surface area (Å²) in [5.74, 6) is -0.756. The van der Waals surface area contributed by atoms with Crippen molar-refractivity contribution >= 4 is 11.8 Å². The molecule has 0 unspecified atom stereocenters. The first-order chi connectivity index (χ1) is 14.8. The second-order valence-electron chi connectivity index (χ2n) is 10.2. The zero-order chi connectivity index (χ0) is 24.1. The van der Waals surface area contributed by atoms with E-state index in [1.54, 1.807) is 19.1 Å². The molecule has 0 aliphatic rings. The number of phenolic OH excluding ortho intramolecular Hbond substituents is 1. The van der Waals surface area contributed by atoms with Crippen molar-refractivity contribution in [2.75, 3.05) is 6.61 Å². The van der Waals surface area contributed by atoms with E-state index in [0.717, 1.165) is 22.3 Å². The Labute approximate surface area is 192 Å². The molecule has 0 heterocycles. The Morgan fingerprint density at radius 3 is 2.06 bits per heavy atom. The summed E-state index contributed by atoms with van der Waals surface area (Å²) >= 11 is 0. The second kappa shape index (κ2) is 10.2. The van der Waals surface area contributed by atoms with Crippen LogP contribution in [0.5, 0.6) is 5.75 Å². The maximum atomic E-state index is 13.3. The van der Waals surface area contributed by atoms with Crippen LogP contribution >= 0.6 is 0 Å². The van der Waals surface area contributed by atoms with Gasteiger partial charge in [0.25, 0.3) is 0 Å². The number of Topliss-reactive ketones (excluding diaryl/α,β-unsaturated/α-hetero) is 1. The largest absolute Gasteiger partial charge is 0.508 e. The molecule has 0 amide bonds. The van der Waals surface area contributed by atoms with Gasteiger partial charge in [0.2, 0.25) is 0 Å². The molecule has 2 rings (SSSR count). The van der Waals surface area contributed by atoms with Gasteiger partial charge in [-0.15, -0.1) is 0 Å². The predicted molar refractivity (Wildman–Crippen MR) is 129 cm³/mol. The van der Waals surface area contributed by atoms with Crippen LogP contribution in [0.4, 0.5) is 0 Å². The van der Waals surface area contributed by atoms with Crippen LogP contribution in [0.1, 0.15) is 70.7 Å². The van der Waals surface area contributed by atoms with Crippen LogP contribution in [-0.4, -0.2) is 23.5 Å². The van der Waals surface area contributed by atoms with Crippen molar-refractivity contribution in [1.82, 2.24) is 0 Å². The van der Waals surface area contributed by atoms with Gasteiger partial charge in [-0.3, -0.25) is 4.79 Å². The van der Waals surface area contributed by atoms with E-state index < -0.39 is 5.97 Å². The maximum absolute atomic E-state index is 13.3. The van der Waals surface area contributed by atoms with Gasteiger partial charge in [0.15, 0.2) is 5.78 Å². The Hall–Kier alpha value is -2.88. The molecule has 1 N–H and O–H groups in total. The third-order valence-corrected chi connectivity index (χ3v) is 5.37. The smallest absolute Gasteiger partial charge is 0.341 e. The van der Waals surface area contributed by atoms with Crippen LogP contribution in [0.15, 0.2) is 54.1 Å². The molecule has 0 saturated heterocycles. The minimum Gasteiger partial charge on any atom is -0.508 e. The van der Waals surface area contributed by atoms with Crippen LogP contribution in [0.2, 0.25) is 0 Å². The zero-order valence-corrected chi connectivity index (χ0v) is 20.4. The lowest BCUT2D eigenvalue weighted by Crippen LogP contribution is -2.22. The summed E-state index contributed by atoms with van der Waals surface area (Å²) in [6, 6.07) is 13.3. The van der Waals surface area contributed by atoms with E-state index >= 15 is 0 Å². The predicted octanol–water partition coefficient (Wildman–Crippen LogP) is 5.83. The number of carbonyl (C=O) groups is 2. The summed E-state index contributed by atoms with van der Waals surface area (Å²) in [5.41, 5.74) is 3.13. The molecule has 0 aromatic heterocycles. The molecule has 4 nitrogen and oxygen atoms in total. The van der Waals surface area contributed by atoms with E-state index in [1.165, 1.54) is 0 Å². The van der Waals surface area contributed by atoms with Gasteiger partial charge in [-0.2, -0.15) is 0 Å². The average molecular weight is 437 g/mol. The van der Waals surface area contributed by atoms with E-state index in [-0.39, 0.29) is 41.0 Å². The number of esters is 1. The van der Waals surface area contributed by atoms with Gasteiger partial charge in [-0.05, 0) is 52.5 Å². The normalized spacial score (nSPS) is 12.5. The van der Waals surface area contributed by atoms with E-state index in [1.807, 2.05) is 57.2 Å². The van der Waals surface area contributed by atoms with Crippen molar-refractivity contribution in [3.05, 3.63) is 76.4 Å². The SMILES string of the molecule is CCOC(=O)/C(=C\Cc1ccccc1)C(=O)Cc1cc(O)c(C(C)(C)C)cc1C(C)(C)C. The number of ether oxygens (including phenoxy) is 1. The molecule has 2 aromatic rings. The van der Waals surface area contributed by atoms with Crippen LogP contribution in [0.3, 0.4) is 0 Å². The monoisotopic (exact) mass is 436 g/mol. The third-order valence-electron chi connectivity index (χ3n) is 5.37. The van der Waals surface area contributed by atoms with Gasteiger partial charge >= 0.3 is 5.97 Å². The molecular formula is C28H36O4. The summed E-state index contributed by atoms with van der Waals surface area (Å²) in [5, 5.41) is 10.7. The topological polar surface area (TPSA) is 63.6 Å². The van der Waals surface area contributed by atoms with Crippen LogP contribution < -0.4 is 0 Å². The van der Waals surface area contributed by atoms with Gasteiger partial charge in [0.1, 0.15) is 5.75 Å². The van der Waals surface area contributed by atoms with Gasteiger partial charge < -0.3 is 9.84 Å². The number of hydrogen-bond acceptors (Lipinski definition) is 4. The fraction of sp³-hybridized carbons (Fsp3) is 0.429. The average Bonchev–Trinajstić information content (AvgIpc) is 2.67. The molecule has 0 atom stereocenters. The summed E-state index contributed by atoms with van der Waals surface area (Å²) in [6.45, 7) is 14.3. The molecule has 2 aromatic carbocycles. The number of ketones is 1. The van der Waals surface area contributed by atoms with Crippen LogP contribution in [0.25, 0.3) is 0 Å². The number of aromatic hydroxyl groups is 1. The van der Waals surface area contributed by atoms with Gasteiger partial charge in [0.05, 0.1) is 12.2 Å². The molecule has 0 aliphatic heterocycles. The van der Waals surface area contributed by atoms with E-state index in [4.69, 9.17) is 4.74 Å². The standard InChI is InChI=1S/C28H36O4/c1-8-32-26(31)21(15-14-19-12-10-9-11-13-19)24(29)16-20-17-25(30)23(28(5,6)7)18-22(20)27(2,3)4/h9-13,15,17-18,30H,8,14,16H2,1-7H3/b21-15-. The van der Waals surface area contributed by atoms with Gasteiger partial charge in [-0.25, -0.2) is 4.79 Å². The summed E-state index contributed by atoms with van der Waals surface area (Å²) in [6.07, 6.45) is 2.13. The maximum Gasteiger partial charge on any atom is 0.341 e. The highest BCUT2D eigenvalue weighted by atomic mass is 16.5. The van der Waals surface area contributed by atoms with Crippen molar-refractivity contribution in [1.29, 1.82) is 0 Å². The lowest BCUT2D eigenvalue weighted by molar-refractivity contribution is -0.140. The Bertz CT molecular complexity index is 987. The molecule has 0 saturated carbocycles. The zero-order valence-electron chi connectivity index (χ0n) is 20.4. The highest BCUT2D eigenvalue weighted by Gasteiger charge is 2.28. The van der Waals surface area contributed by atoms with Crippen molar-refractivity contribution in [3.63, 3.8) is 0 Å². The molecule has 0 radical (unpaired) electrons. The summed E-state index contributed by atoms with van der Waals surface area (Å²) in [7, 11) is 0. The molecule has 0 aliphatic carbocycles. The highest BCUT2D eigenvalue weighted by Crippen LogP contribution is 2.37. The van der Waals surface area contributed by atoms with Crippen LogP contribution in [-0.2, 0) is 38.0 Å². The van der Waals surface area contributed by atoms with E-state index in [0.29, 0.717) is 6.42 Å². The Morgan fingerprint density at radius 1 is 0.938 bits per heavy atom. The molecule has 0 bridgehead atoms. The quantitative estimate of drug-likeness (QED) is 0.257. The first-order valence-corrected chi connectivity index (χ1v) is 11.2. The highest BCUT2D eigenvalue weighted by molar-refractivity contribution is 6.17. The Morgan fingerprint density at radius 2 is 1.53 bits per heavy atom. The number of rotatable bonds is 7. The molecule has 0 spiro atoms. The van der Waals surface area contributed by atoms with E-state index in [9.17, 15) is 14.7 Å². The number of phenols is 1. The van der Waals surface area contributed by atoms with Gasteiger partial charge in [0, 0.05) is 6.42 Å². The van der Waals surface area contributed by atoms with Crippen molar-refractivity contribution in [2.24, 2.45) is 0 Å². The summed E-state index contributed by atoms with van der Waals surface area (Å²) in [4.78, 5) is 25.8. The number of carbonyl (C=O) groups excluding carboxylic acids is 2. The minimum absolute atomic E-state index is 0.0179. The first kappa shape index (κ1) is 25.4. The molecule has 32 heavy (non-hydrogen) atoms. The van der Waals surface area contributed by atoms with Gasteiger partial charge in [-0.1, -0.05) is 84.0 Å². The third kappa shape index (κ3) is 6.56. The minimum atomic E-state index is -0.610. The molecule has 0 fully saturated rings. The molecule has 172 valence electrons.